The van der Waals surface area contributed by atoms with E-state index in [-0.39, 0.29) is 11.4 Å². The summed E-state index contributed by atoms with van der Waals surface area (Å²) in [7, 11) is 0. The summed E-state index contributed by atoms with van der Waals surface area (Å²) >= 11 is 0. The fourth-order valence-corrected chi connectivity index (χ4v) is 3.86. The number of amides is 1. The van der Waals surface area contributed by atoms with Crippen molar-refractivity contribution in [3.05, 3.63) is 69.4 Å². The highest BCUT2D eigenvalue weighted by Crippen LogP contribution is 2.31. The van der Waals surface area contributed by atoms with Gasteiger partial charge in [-0.3, -0.25) is 19.9 Å². The van der Waals surface area contributed by atoms with Gasteiger partial charge in [-0.15, -0.1) is 0 Å². The number of hydrogen-bond donors (Lipinski definition) is 1. The molecule has 0 spiro atoms. The monoisotopic (exact) mass is 435 g/mol. The SMILES string of the molecule is CCOc1ccc(NC(=O)COC(=O)c2c3c(nc4ccccc24)CCC3)c([N+](=O)[O-])c1. The normalized spacial score (nSPS) is 12.3. The molecule has 0 radical (unpaired) electrons. The summed E-state index contributed by atoms with van der Waals surface area (Å²) < 4.78 is 10.5. The van der Waals surface area contributed by atoms with Crippen LogP contribution in [-0.2, 0) is 22.4 Å². The van der Waals surface area contributed by atoms with Crippen molar-refractivity contribution in [2.75, 3.05) is 18.5 Å². The highest BCUT2D eigenvalue weighted by atomic mass is 16.6. The second kappa shape index (κ2) is 9.01. The Hall–Kier alpha value is -4.01. The average Bonchev–Trinajstić information content (AvgIpc) is 3.24. The number of rotatable bonds is 7. The topological polar surface area (TPSA) is 121 Å². The van der Waals surface area contributed by atoms with Crippen LogP contribution in [0, 0.1) is 10.1 Å². The van der Waals surface area contributed by atoms with Crippen LogP contribution in [0.4, 0.5) is 11.4 Å². The fraction of sp³-hybridized carbons (Fsp3) is 0.261. The van der Waals surface area contributed by atoms with E-state index in [0.717, 1.165) is 30.5 Å². The molecule has 32 heavy (non-hydrogen) atoms. The standard InChI is InChI=1S/C23H21N3O6/c1-2-31-14-10-11-19(20(12-14)26(29)30)25-21(27)13-32-23(28)22-15-6-3-4-8-17(15)24-18-9-5-7-16(18)22/h3-4,6,8,10-12H,2,5,7,9,13H2,1H3,(H,25,27). The first kappa shape index (κ1) is 21.2. The van der Waals surface area contributed by atoms with Gasteiger partial charge in [0, 0.05) is 11.1 Å². The Labute approximate surface area is 183 Å². The Kier molecular flexibility index (Phi) is 5.98. The first-order valence-electron chi connectivity index (χ1n) is 10.3. The number of nitrogens with one attached hydrogen (secondary N) is 1. The Morgan fingerprint density at radius 1 is 1.19 bits per heavy atom. The van der Waals surface area contributed by atoms with Crippen LogP contribution in [0.1, 0.15) is 35.0 Å². The Morgan fingerprint density at radius 2 is 2.00 bits per heavy atom. The van der Waals surface area contributed by atoms with E-state index in [0.29, 0.717) is 28.8 Å². The van der Waals surface area contributed by atoms with Crippen LogP contribution in [0.2, 0.25) is 0 Å². The number of nitrogens with zero attached hydrogens (tertiary/aromatic N) is 2. The van der Waals surface area contributed by atoms with E-state index in [9.17, 15) is 19.7 Å². The molecule has 0 fully saturated rings. The molecule has 0 saturated heterocycles. The molecule has 1 heterocycles. The van der Waals surface area contributed by atoms with Gasteiger partial charge >= 0.3 is 5.97 Å². The molecule has 1 N–H and O–H groups in total. The van der Waals surface area contributed by atoms with Gasteiger partial charge in [-0.2, -0.15) is 0 Å². The maximum Gasteiger partial charge on any atom is 0.339 e. The van der Waals surface area contributed by atoms with Crippen LogP contribution in [0.25, 0.3) is 10.9 Å². The van der Waals surface area contributed by atoms with Crippen molar-refractivity contribution in [3.63, 3.8) is 0 Å². The number of nitro groups is 1. The minimum atomic E-state index is -0.680. The van der Waals surface area contributed by atoms with E-state index in [1.54, 1.807) is 13.0 Å². The zero-order valence-electron chi connectivity index (χ0n) is 17.4. The number of anilines is 1. The highest BCUT2D eigenvalue weighted by Gasteiger charge is 2.25. The van der Waals surface area contributed by atoms with E-state index in [2.05, 4.69) is 10.3 Å². The first-order valence-corrected chi connectivity index (χ1v) is 10.3. The number of fused-ring (bicyclic) bond motifs is 2. The van der Waals surface area contributed by atoms with Crippen molar-refractivity contribution in [2.24, 2.45) is 0 Å². The summed E-state index contributed by atoms with van der Waals surface area (Å²) in [5, 5.41) is 14.5. The summed E-state index contributed by atoms with van der Waals surface area (Å²) in [4.78, 5) is 40.7. The number of hydrogen-bond acceptors (Lipinski definition) is 7. The maximum absolute atomic E-state index is 12.9. The summed E-state index contributed by atoms with van der Waals surface area (Å²) in [6, 6.07) is 11.4. The van der Waals surface area contributed by atoms with Gasteiger partial charge in [0.2, 0.25) is 0 Å². The van der Waals surface area contributed by atoms with Crippen molar-refractivity contribution >= 4 is 34.2 Å². The van der Waals surface area contributed by atoms with Gasteiger partial charge in [-0.25, -0.2) is 4.79 Å². The van der Waals surface area contributed by atoms with Crippen molar-refractivity contribution in [2.45, 2.75) is 26.2 Å². The number of benzene rings is 2. The smallest absolute Gasteiger partial charge is 0.339 e. The Balaban J connectivity index is 1.50. The number of nitro benzene ring substituents is 1. The van der Waals surface area contributed by atoms with Gasteiger partial charge in [0.25, 0.3) is 11.6 Å². The molecule has 4 rings (SSSR count). The number of aryl methyl sites for hydroxylation is 1. The molecule has 0 aliphatic heterocycles. The van der Waals surface area contributed by atoms with Crippen molar-refractivity contribution in [1.82, 2.24) is 4.98 Å². The second-order valence-corrected chi connectivity index (χ2v) is 7.28. The molecular formula is C23H21N3O6. The number of ether oxygens (including phenoxy) is 2. The van der Waals surface area contributed by atoms with E-state index < -0.39 is 23.4 Å². The number of aromatic nitrogens is 1. The quantitative estimate of drug-likeness (QED) is 0.340. The predicted octanol–water partition coefficient (Wildman–Crippen LogP) is 3.83. The van der Waals surface area contributed by atoms with Crippen LogP contribution < -0.4 is 10.1 Å². The molecule has 9 heteroatoms. The molecule has 0 saturated carbocycles. The molecule has 0 atom stereocenters. The third kappa shape index (κ3) is 4.22. The van der Waals surface area contributed by atoms with Gasteiger partial charge in [-0.05, 0) is 49.9 Å². The first-order chi connectivity index (χ1) is 15.5. The minimum Gasteiger partial charge on any atom is -0.494 e. The minimum absolute atomic E-state index is 0.00486. The Bertz CT molecular complexity index is 1220. The molecule has 3 aromatic rings. The number of carbonyl (C=O) groups is 2. The van der Waals surface area contributed by atoms with Gasteiger partial charge in [0.15, 0.2) is 6.61 Å². The maximum atomic E-state index is 12.9. The molecule has 2 aromatic carbocycles. The number of esters is 1. The summed E-state index contributed by atoms with van der Waals surface area (Å²) in [5.74, 6) is -0.972. The summed E-state index contributed by atoms with van der Waals surface area (Å²) in [6.07, 6.45) is 2.42. The van der Waals surface area contributed by atoms with Crippen LogP contribution in [0.3, 0.4) is 0 Å². The molecule has 9 nitrogen and oxygen atoms in total. The molecule has 164 valence electrons. The zero-order chi connectivity index (χ0) is 22.7. The largest absolute Gasteiger partial charge is 0.494 e. The average molecular weight is 435 g/mol. The number of pyridine rings is 1. The van der Waals surface area contributed by atoms with E-state index in [1.807, 2.05) is 18.2 Å². The third-order valence-electron chi connectivity index (χ3n) is 5.21. The molecule has 1 aliphatic carbocycles. The Morgan fingerprint density at radius 3 is 2.78 bits per heavy atom. The van der Waals surface area contributed by atoms with Crippen molar-refractivity contribution < 1.29 is 24.0 Å². The molecule has 1 aliphatic rings. The fourth-order valence-electron chi connectivity index (χ4n) is 3.86. The second-order valence-electron chi connectivity index (χ2n) is 7.28. The van der Waals surface area contributed by atoms with E-state index in [1.165, 1.54) is 18.2 Å². The molecule has 0 bridgehead atoms. The summed E-state index contributed by atoms with van der Waals surface area (Å²) in [5.41, 5.74) is 2.56. The lowest BCUT2D eigenvalue weighted by atomic mass is 10.0. The van der Waals surface area contributed by atoms with Crippen molar-refractivity contribution in [1.29, 1.82) is 0 Å². The van der Waals surface area contributed by atoms with Crippen LogP contribution >= 0.6 is 0 Å². The van der Waals surface area contributed by atoms with Gasteiger partial charge in [-0.1, -0.05) is 18.2 Å². The van der Waals surface area contributed by atoms with Crippen LogP contribution in [0.15, 0.2) is 42.5 Å². The summed E-state index contributed by atoms with van der Waals surface area (Å²) in [6.45, 7) is 1.54. The lowest BCUT2D eigenvalue weighted by Crippen LogP contribution is -2.22. The number of carbonyl (C=O) groups excluding carboxylic acids is 2. The van der Waals surface area contributed by atoms with Crippen LogP contribution in [-0.4, -0.2) is 35.0 Å². The van der Waals surface area contributed by atoms with E-state index >= 15 is 0 Å². The predicted molar refractivity (Wildman–Crippen MR) is 117 cm³/mol. The molecule has 1 aromatic heterocycles. The van der Waals surface area contributed by atoms with Gasteiger partial charge in [0.1, 0.15) is 11.4 Å². The van der Waals surface area contributed by atoms with E-state index in [4.69, 9.17) is 9.47 Å². The molecular weight excluding hydrogens is 414 g/mol. The zero-order valence-corrected chi connectivity index (χ0v) is 17.4. The third-order valence-corrected chi connectivity index (χ3v) is 5.21. The lowest BCUT2D eigenvalue weighted by molar-refractivity contribution is -0.384. The van der Waals surface area contributed by atoms with Crippen LogP contribution in [0.5, 0.6) is 5.75 Å². The van der Waals surface area contributed by atoms with Gasteiger partial charge in [0.05, 0.1) is 28.7 Å². The van der Waals surface area contributed by atoms with Crippen molar-refractivity contribution in [3.8, 4) is 5.75 Å². The van der Waals surface area contributed by atoms with Gasteiger partial charge < -0.3 is 14.8 Å². The lowest BCUT2D eigenvalue weighted by Gasteiger charge is -2.12. The highest BCUT2D eigenvalue weighted by molar-refractivity contribution is 6.06. The molecule has 1 amide bonds. The molecule has 0 unspecified atom stereocenters. The number of para-hydroxylation sites is 1.